The van der Waals surface area contributed by atoms with E-state index in [1.165, 1.54) is 23.5 Å². The number of rotatable bonds is 3. The highest BCUT2D eigenvalue weighted by Gasteiger charge is 2.10. The Bertz CT molecular complexity index is 573. The lowest BCUT2D eigenvalue weighted by Gasteiger charge is -2.05. The van der Waals surface area contributed by atoms with E-state index in [1.54, 1.807) is 6.07 Å². The van der Waals surface area contributed by atoms with Crippen molar-refractivity contribution in [1.82, 2.24) is 4.98 Å². The molecule has 2 rings (SSSR count). The molecule has 0 unspecified atom stereocenters. The summed E-state index contributed by atoms with van der Waals surface area (Å²) < 4.78 is 0.734. The summed E-state index contributed by atoms with van der Waals surface area (Å²) in [6.07, 6.45) is 0. The highest BCUT2D eigenvalue weighted by Crippen LogP contribution is 2.26. The van der Waals surface area contributed by atoms with Crippen LogP contribution in [0.25, 0.3) is 0 Å². The lowest BCUT2D eigenvalue weighted by atomic mass is 10.2. The number of carbonyl (C=O) groups is 1. The molecule has 0 saturated carbocycles. The molecule has 1 aromatic heterocycles. The smallest absolute Gasteiger partial charge is 0.337 e. The zero-order valence-electron chi connectivity index (χ0n) is 8.28. The van der Waals surface area contributed by atoms with Gasteiger partial charge in [-0.1, -0.05) is 11.6 Å². The van der Waals surface area contributed by atoms with Crippen LogP contribution in [0.4, 0.5) is 10.8 Å². The van der Waals surface area contributed by atoms with Gasteiger partial charge in [0, 0.05) is 11.1 Å². The van der Waals surface area contributed by atoms with Crippen LogP contribution in [-0.4, -0.2) is 16.1 Å². The van der Waals surface area contributed by atoms with Crippen molar-refractivity contribution in [2.45, 2.75) is 0 Å². The van der Waals surface area contributed by atoms with Gasteiger partial charge in [0.05, 0.1) is 10.6 Å². The van der Waals surface area contributed by atoms with Gasteiger partial charge in [0.1, 0.15) is 4.60 Å². The summed E-state index contributed by atoms with van der Waals surface area (Å²) in [5.74, 6) is -1.06. The number of benzene rings is 1. The summed E-state index contributed by atoms with van der Waals surface area (Å²) in [5.41, 5.74) is 0.695. The zero-order chi connectivity index (χ0) is 12.4. The van der Waals surface area contributed by atoms with E-state index in [1.807, 2.05) is 5.38 Å². The molecule has 0 aliphatic heterocycles. The highest BCUT2D eigenvalue weighted by atomic mass is 79.9. The Labute approximate surface area is 114 Å². The van der Waals surface area contributed by atoms with Crippen LogP contribution in [0.1, 0.15) is 10.4 Å². The first-order chi connectivity index (χ1) is 8.06. The SMILES string of the molecule is O=C(O)c1cc(Nc2nc(Br)cs2)ccc1Cl. The van der Waals surface area contributed by atoms with Crippen LogP contribution < -0.4 is 5.32 Å². The van der Waals surface area contributed by atoms with E-state index < -0.39 is 5.97 Å². The largest absolute Gasteiger partial charge is 0.478 e. The van der Waals surface area contributed by atoms with Gasteiger partial charge in [-0.3, -0.25) is 0 Å². The van der Waals surface area contributed by atoms with Gasteiger partial charge in [-0.2, -0.15) is 0 Å². The Hall–Kier alpha value is -1.11. The first-order valence-electron chi connectivity index (χ1n) is 4.47. The standard InChI is InChI=1S/C10H6BrClN2O2S/c11-8-4-17-10(14-8)13-5-1-2-7(12)6(3-5)9(15)16/h1-4H,(H,13,14)(H,15,16). The van der Waals surface area contributed by atoms with Gasteiger partial charge < -0.3 is 10.4 Å². The summed E-state index contributed by atoms with van der Waals surface area (Å²) in [5, 5.41) is 14.6. The van der Waals surface area contributed by atoms with Crippen molar-refractivity contribution < 1.29 is 9.90 Å². The normalized spacial score (nSPS) is 10.2. The van der Waals surface area contributed by atoms with E-state index in [-0.39, 0.29) is 10.6 Å². The van der Waals surface area contributed by atoms with Gasteiger partial charge in [0.2, 0.25) is 0 Å². The first kappa shape index (κ1) is 12.3. The molecule has 0 fully saturated rings. The minimum absolute atomic E-state index is 0.0623. The molecular formula is C10H6BrClN2O2S. The number of halogens is 2. The second kappa shape index (κ2) is 5.03. The molecule has 0 radical (unpaired) electrons. The van der Waals surface area contributed by atoms with Crippen LogP contribution in [0.15, 0.2) is 28.2 Å². The van der Waals surface area contributed by atoms with Gasteiger partial charge in [-0.05, 0) is 34.1 Å². The van der Waals surface area contributed by atoms with Gasteiger partial charge in [0.15, 0.2) is 5.13 Å². The molecule has 0 saturated heterocycles. The third-order valence-electron chi connectivity index (χ3n) is 1.92. The van der Waals surface area contributed by atoms with Crippen LogP contribution in [0.5, 0.6) is 0 Å². The fraction of sp³-hybridized carbons (Fsp3) is 0. The number of carboxylic acid groups (broad SMARTS) is 1. The maximum absolute atomic E-state index is 10.9. The maximum atomic E-state index is 10.9. The number of hydrogen-bond acceptors (Lipinski definition) is 4. The van der Waals surface area contributed by atoms with Gasteiger partial charge in [0.25, 0.3) is 0 Å². The fourth-order valence-corrected chi connectivity index (χ4v) is 2.56. The van der Waals surface area contributed by atoms with Crippen molar-refractivity contribution >= 4 is 55.7 Å². The topological polar surface area (TPSA) is 62.2 Å². The van der Waals surface area contributed by atoms with E-state index in [2.05, 4.69) is 26.2 Å². The van der Waals surface area contributed by atoms with E-state index in [4.69, 9.17) is 16.7 Å². The first-order valence-corrected chi connectivity index (χ1v) is 6.52. The van der Waals surface area contributed by atoms with E-state index >= 15 is 0 Å². The summed E-state index contributed by atoms with van der Waals surface area (Å²) in [6, 6.07) is 4.71. The lowest BCUT2D eigenvalue weighted by Crippen LogP contribution is -1.99. The molecule has 7 heteroatoms. The Morgan fingerprint density at radius 2 is 2.29 bits per heavy atom. The predicted molar refractivity (Wildman–Crippen MR) is 71.5 cm³/mol. The van der Waals surface area contributed by atoms with Crippen molar-refractivity contribution in [2.75, 3.05) is 5.32 Å². The van der Waals surface area contributed by atoms with Crippen LogP contribution >= 0.6 is 38.9 Å². The molecule has 17 heavy (non-hydrogen) atoms. The maximum Gasteiger partial charge on any atom is 0.337 e. The molecule has 2 aromatic rings. The van der Waals surface area contributed by atoms with Crippen LogP contribution in [0.3, 0.4) is 0 Å². The summed E-state index contributed by atoms with van der Waals surface area (Å²) in [7, 11) is 0. The van der Waals surface area contributed by atoms with Crippen molar-refractivity contribution in [2.24, 2.45) is 0 Å². The third kappa shape index (κ3) is 2.96. The van der Waals surface area contributed by atoms with Crippen molar-refractivity contribution in [3.63, 3.8) is 0 Å². The highest BCUT2D eigenvalue weighted by molar-refractivity contribution is 9.10. The minimum Gasteiger partial charge on any atom is -0.478 e. The minimum atomic E-state index is -1.06. The van der Waals surface area contributed by atoms with Crippen molar-refractivity contribution in [3.05, 3.63) is 38.8 Å². The number of nitrogens with one attached hydrogen (secondary N) is 1. The lowest BCUT2D eigenvalue weighted by molar-refractivity contribution is 0.0697. The Morgan fingerprint density at radius 1 is 1.53 bits per heavy atom. The molecule has 1 aromatic carbocycles. The molecule has 2 N–H and O–H groups in total. The zero-order valence-corrected chi connectivity index (χ0v) is 11.4. The fourth-order valence-electron chi connectivity index (χ4n) is 1.20. The van der Waals surface area contributed by atoms with Crippen molar-refractivity contribution in [3.8, 4) is 0 Å². The summed E-state index contributed by atoms with van der Waals surface area (Å²) in [6.45, 7) is 0. The summed E-state index contributed by atoms with van der Waals surface area (Å²) in [4.78, 5) is 15.0. The Balaban J connectivity index is 2.28. The average Bonchev–Trinajstić information content (AvgIpc) is 2.66. The van der Waals surface area contributed by atoms with Gasteiger partial charge in [-0.25, -0.2) is 9.78 Å². The number of nitrogens with zero attached hydrogens (tertiary/aromatic N) is 1. The predicted octanol–water partition coefficient (Wildman–Crippen LogP) is 4.00. The quantitative estimate of drug-likeness (QED) is 0.891. The van der Waals surface area contributed by atoms with Crippen LogP contribution in [0, 0.1) is 0 Å². The molecule has 0 amide bonds. The van der Waals surface area contributed by atoms with E-state index in [0.717, 1.165) is 4.60 Å². The second-order valence-corrected chi connectivity index (χ2v) is 5.18. The molecule has 0 aliphatic carbocycles. The third-order valence-corrected chi connectivity index (χ3v) is 3.72. The molecule has 88 valence electrons. The molecular weight excluding hydrogens is 328 g/mol. The van der Waals surface area contributed by atoms with Gasteiger partial charge >= 0.3 is 5.97 Å². The van der Waals surface area contributed by atoms with E-state index in [9.17, 15) is 4.79 Å². The molecule has 0 atom stereocenters. The monoisotopic (exact) mass is 332 g/mol. The van der Waals surface area contributed by atoms with Crippen LogP contribution in [0.2, 0.25) is 5.02 Å². The molecule has 0 aliphatic rings. The van der Waals surface area contributed by atoms with Crippen molar-refractivity contribution in [1.29, 1.82) is 0 Å². The molecule has 0 spiro atoms. The second-order valence-electron chi connectivity index (χ2n) is 3.10. The number of thiazole rings is 1. The average molecular weight is 334 g/mol. The Morgan fingerprint density at radius 3 is 2.88 bits per heavy atom. The van der Waals surface area contributed by atoms with Gasteiger partial charge in [-0.15, -0.1) is 11.3 Å². The van der Waals surface area contributed by atoms with Crippen LogP contribution in [-0.2, 0) is 0 Å². The Kier molecular flexibility index (Phi) is 3.66. The number of aromatic carboxylic acids is 1. The molecule has 1 heterocycles. The number of anilines is 2. The molecule has 0 bridgehead atoms. The number of hydrogen-bond donors (Lipinski definition) is 2. The van der Waals surface area contributed by atoms with E-state index in [0.29, 0.717) is 10.8 Å². The number of carboxylic acids is 1. The molecule has 4 nitrogen and oxygen atoms in total. The summed E-state index contributed by atoms with van der Waals surface area (Å²) >= 11 is 10.4. The number of aromatic nitrogens is 1.